The van der Waals surface area contributed by atoms with Gasteiger partial charge in [0.2, 0.25) is 11.8 Å². The zero-order chi connectivity index (χ0) is 29.9. The molecule has 218 valence electrons. The van der Waals surface area contributed by atoms with Crippen molar-refractivity contribution in [1.82, 2.24) is 19.7 Å². The Morgan fingerprint density at radius 2 is 2.02 bits per heavy atom. The molecular weight excluding hydrogens is 549 g/mol. The molecule has 2 aromatic carbocycles. The Hall–Kier alpha value is -3.89. The van der Waals surface area contributed by atoms with Gasteiger partial charge < -0.3 is 25.6 Å². The quantitative estimate of drug-likeness (QED) is 0.349. The van der Waals surface area contributed by atoms with Crippen LogP contribution in [0.1, 0.15) is 30.9 Å². The summed E-state index contributed by atoms with van der Waals surface area (Å²) in [6, 6.07) is 8.38. The van der Waals surface area contributed by atoms with E-state index in [4.69, 9.17) is 22.1 Å². The summed E-state index contributed by atoms with van der Waals surface area (Å²) >= 11 is 5.87. The van der Waals surface area contributed by atoms with E-state index in [1.54, 1.807) is 42.6 Å². The third-order valence-corrected chi connectivity index (χ3v) is 7.82. The number of fused-ring (bicyclic) bond motifs is 1. The minimum absolute atomic E-state index is 0.0324. The fraction of sp³-hybridized carbons (Fsp3) is 0.367. The van der Waals surface area contributed by atoms with Gasteiger partial charge in [-0.1, -0.05) is 29.8 Å². The number of hydrogen-bond acceptors (Lipinski definition) is 5. The van der Waals surface area contributed by atoms with E-state index in [0.717, 1.165) is 0 Å². The largest absolute Gasteiger partial charge is 0.492 e. The van der Waals surface area contributed by atoms with Crippen molar-refractivity contribution in [2.45, 2.75) is 44.3 Å². The molecule has 1 aliphatic rings. The van der Waals surface area contributed by atoms with Gasteiger partial charge >= 0.3 is 6.03 Å². The standard InChI is InChI=1S/C30H35ClFN5O4/c1-5-30(2)12-11-25(28(39)34-17-19-7-6-8-23(31)27(19)32)37(30)26(38)15-20-18-36(29(33)40)24-10-9-21(16-22(20)24)41-14-13-35(3)4/h5-10,16,18,25H,1,11-15,17H2,2-4H3,(H2,33,40)(H,34,39). The number of nitrogens with one attached hydrogen (secondary N) is 1. The number of amides is 3. The highest BCUT2D eigenvalue weighted by Gasteiger charge is 2.46. The molecule has 3 N–H and O–H groups in total. The highest BCUT2D eigenvalue weighted by molar-refractivity contribution is 6.30. The van der Waals surface area contributed by atoms with Gasteiger partial charge in [0.05, 0.1) is 22.5 Å². The maximum atomic E-state index is 14.4. The van der Waals surface area contributed by atoms with Crippen molar-refractivity contribution in [3.63, 3.8) is 0 Å². The molecule has 3 amide bonds. The first kappa shape index (κ1) is 30.1. The van der Waals surface area contributed by atoms with Gasteiger partial charge in [0.15, 0.2) is 0 Å². The van der Waals surface area contributed by atoms with Crippen molar-refractivity contribution in [2.75, 3.05) is 27.2 Å². The molecule has 41 heavy (non-hydrogen) atoms. The molecule has 2 heterocycles. The van der Waals surface area contributed by atoms with Crippen LogP contribution < -0.4 is 15.8 Å². The number of nitrogens with zero attached hydrogens (tertiary/aromatic N) is 3. The summed E-state index contributed by atoms with van der Waals surface area (Å²) in [6.45, 7) is 6.88. The molecule has 2 unspecified atom stereocenters. The lowest BCUT2D eigenvalue weighted by Gasteiger charge is -2.36. The maximum Gasteiger partial charge on any atom is 0.323 e. The van der Waals surface area contributed by atoms with E-state index in [2.05, 4.69) is 11.9 Å². The zero-order valence-electron chi connectivity index (χ0n) is 23.5. The fourth-order valence-electron chi connectivity index (χ4n) is 5.21. The van der Waals surface area contributed by atoms with E-state index in [9.17, 15) is 18.8 Å². The van der Waals surface area contributed by atoms with Gasteiger partial charge in [-0.25, -0.2) is 9.18 Å². The number of primary amides is 1. The number of likely N-dealkylation sites (N-methyl/N-ethyl adjacent to an activating group) is 1. The molecule has 1 aromatic heterocycles. The number of benzene rings is 2. The minimum atomic E-state index is -0.790. The van der Waals surface area contributed by atoms with Crippen LogP contribution in [0.3, 0.4) is 0 Å². The number of likely N-dealkylation sites (tertiary alicyclic amines) is 1. The number of carbonyl (C=O) groups excluding carboxylic acids is 3. The molecule has 1 fully saturated rings. The average Bonchev–Trinajstić information content (AvgIpc) is 3.47. The molecule has 0 spiro atoms. The Morgan fingerprint density at radius 1 is 1.27 bits per heavy atom. The Labute approximate surface area is 243 Å². The number of rotatable bonds is 10. The fourth-order valence-corrected chi connectivity index (χ4v) is 5.41. The van der Waals surface area contributed by atoms with Gasteiger partial charge in [-0.15, -0.1) is 6.58 Å². The van der Waals surface area contributed by atoms with Crippen LogP contribution in [0.2, 0.25) is 5.02 Å². The van der Waals surface area contributed by atoms with E-state index < -0.39 is 29.3 Å². The van der Waals surface area contributed by atoms with E-state index in [-0.39, 0.29) is 29.5 Å². The summed E-state index contributed by atoms with van der Waals surface area (Å²) < 4.78 is 21.5. The summed E-state index contributed by atoms with van der Waals surface area (Å²) in [4.78, 5) is 42.9. The SMILES string of the molecule is C=CC1(C)CCC(C(=O)NCc2cccc(Cl)c2F)N1C(=O)Cc1cn(C(N)=O)c2ccc(OCCN(C)C)cc12. The number of carbonyl (C=O) groups is 3. The van der Waals surface area contributed by atoms with Crippen LogP contribution in [0, 0.1) is 5.82 Å². The summed E-state index contributed by atoms with van der Waals surface area (Å²) in [5.41, 5.74) is 6.20. The first-order valence-corrected chi connectivity index (χ1v) is 13.7. The number of hydrogen-bond donors (Lipinski definition) is 2. The van der Waals surface area contributed by atoms with Crippen LogP contribution in [0.25, 0.3) is 10.9 Å². The predicted molar refractivity (Wildman–Crippen MR) is 156 cm³/mol. The first-order valence-electron chi connectivity index (χ1n) is 13.3. The van der Waals surface area contributed by atoms with Crippen LogP contribution in [-0.4, -0.2) is 71.0 Å². The molecule has 9 nitrogen and oxygen atoms in total. The Kier molecular flexibility index (Phi) is 9.04. The van der Waals surface area contributed by atoms with Crippen molar-refractivity contribution in [3.8, 4) is 5.75 Å². The van der Waals surface area contributed by atoms with Gasteiger partial charge in [0, 0.05) is 30.2 Å². The minimum Gasteiger partial charge on any atom is -0.492 e. The lowest BCUT2D eigenvalue weighted by atomic mass is 9.98. The van der Waals surface area contributed by atoms with Gasteiger partial charge in [-0.2, -0.15) is 0 Å². The van der Waals surface area contributed by atoms with Crippen molar-refractivity contribution in [3.05, 3.63) is 77.2 Å². The highest BCUT2D eigenvalue weighted by atomic mass is 35.5. The molecule has 0 radical (unpaired) electrons. The summed E-state index contributed by atoms with van der Waals surface area (Å²) in [7, 11) is 3.89. The smallest absolute Gasteiger partial charge is 0.323 e. The van der Waals surface area contributed by atoms with Crippen molar-refractivity contribution in [2.24, 2.45) is 5.73 Å². The van der Waals surface area contributed by atoms with Gasteiger partial charge in [0.1, 0.15) is 24.2 Å². The van der Waals surface area contributed by atoms with Crippen LogP contribution in [0.5, 0.6) is 5.75 Å². The lowest BCUT2D eigenvalue weighted by Crippen LogP contribution is -2.53. The molecule has 0 bridgehead atoms. The molecule has 0 saturated carbocycles. The Bertz CT molecular complexity index is 1490. The molecule has 1 saturated heterocycles. The number of halogens is 2. The van der Waals surface area contributed by atoms with Crippen molar-refractivity contribution >= 4 is 40.3 Å². The van der Waals surface area contributed by atoms with Crippen molar-refractivity contribution in [1.29, 1.82) is 0 Å². The van der Waals surface area contributed by atoms with E-state index in [1.165, 1.54) is 15.5 Å². The Morgan fingerprint density at radius 3 is 2.71 bits per heavy atom. The molecule has 2 atom stereocenters. The van der Waals surface area contributed by atoms with Gasteiger partial charge in [0.25, 0.3) is 0 Å². The molecule has 1 aliphatic heterocycles. The highest BCUT2D eigenvalue weighted by Crippen LogP contribution is 2.36. The average molecular weight is 584 g/mol. The second kappa shape index (κ2) is 12.3. The van der Waals surface area contributed by atoms with Gasteiger partial charge in [-0.3, -0.25) is 14.2 Å². The molecule has 4 rings (SSSR count). The molecular formula is C30H35ClFN5O4. The normalized spacial score (nSPS) is 18.6. The van der Waals surface area contributed by atoms with E-state index in [1.807, 2.05) is 25.9 Å². The summed E-state index contributed by atoms with van der Waals surface area (Å²) in [5.74, 6) is -0.723. The topological polar surface area (TPSA) is 110 Å². The van der Waals surface area contributed by atoms with E-state index >= 15 is 0 Å². The van der Waals surface area contributed by atoms with Crippen LogP contribution >= 0.6 is 11.6 Å². The monoisotopic (exact) mass is 583 g/mol. The van der Waals surface area contributed by atoms with Crippen LogP contribution in [-0.2, 0) is 22.6 Å². The van der Waals surface area contributed by atoms with Crippen LogP contribution in [0.4, 0.5) is 9.18 Å². The van der Waals surface area contributed by atoms with Gasteiger partial charge in [-0.05, 0) is 63.7 Å². The number of aromatic nitrogens is 1. The molecule has 11 heteroatoms. The first-order chi connectivity index (χ1) is 19.4. The van der Waals surface area contributed by atoms with Crippen LogP contribution in [0.15, 0.2) is 55.3 Å². The second-order valence-electron chi connectivity index (χ2n) is 10.7. The number of ether oxygens (including phenoxy) is 1. The summed E-state index contributed by atoms with van der Waals surface area (Å²) in [6.07, 6.45) is 4.06. The number of nitrogens with two attached hydrogens (primary N) is 1. The molecule has 0 aliphatic carbocycles. The zero-order valence-corrected chi connectivity index (χ0v) is 24.2. The third-order valence-electron chi connectivity index (χ3n) is 7.53. The third kappa shape index (κ3) is 6.39. The van der Waals surface area contributed by atoms with Crippen molar-refractivity contribution < 1.29 is 23.5 Å². The molecule has 3 aromatic rings. The van der Waals surface area contributed by atoms with E-state index in [0.29, 0.717) is 48.2 Å². The maximum absolute atomic E-state index is 14.4. The summed E-state index contributed by atoms with van der Waals surface area (Å²) in [5, 5.41) is 3.37. The Balaban J connectivity index is 1.59. The second-order valence-corrected chi connectivity index (χ2v) is 11.1. The predicted octanol–water partition coefficient (Wildman–Crippen LogP) is 4.10. The lowest BCUT2D eigenvalue weighted by molar-refractivity contribution is -0.141.